The Hall–Kier alpha value is -0.0500. The summed E-state index contributed by atoms with van der Waals surface area (Å²) >= 11 is 3.18. The van der Waals surface area contributed by atoms with Gasteiger partial charge in [0.25, 0.3) is 0 Å². The fraction of sp³-hybridized carbons (Fsp3) is 0.750. The molecule has 7 heavy (non-hydrogen) atoms. The van der Waals surface area contributed by atoms with Crippen molar-refractivity contribution in [3.8, 4) is 0 Å². The standard InChI is InChI=1S/C4H6BrNO/c1-2-3(5)4(7)6-2/h2-3H,1H3,(H,6,7)/t2-,3+/m1/s1. The molecule has 3 heteroatoms. The first-order chi connectivity index (χ1) is 3.22. The van der Waals surface area contributed by atoms with E-state index in [4.69, 9.17) is 0 Å². The third-order valence-electron chi connectivity index (χ3n) is 1.06. The molecule has 0 aliphatic carbocycles. The van der Waals surface area contributed by atoms with Crippen molar-refractivity contribution in [2.45, 2.75) is 17.8 Å². The normalized spacial score (nSPS) is 39.4. The number of carbonyl (C=O) groups excluding carboxylic acids is 1. The summed E-state index contributed by atoms with van der Waals surface area (Å²) in [4.78, 5) is 10.3. The summed E-state index contributed by atoms with van der Waals surface area (Å²) in [5.41, 5.74) is 0. The number of nitrogens with one attached hydrogen (secondary N) is 1. The Morgan fingerprint density at radius 2 is 2.43 bits per heavy atom. The predicted molar refractivity (Wildman–Crippen MR) is 30.3 cm³/mol. The summed E-state index contributed by atoms with van der Waals surface area (Å²) in [6, 6.07) is 0.326. The fourth-order valence-corrected chi connectivity index (χ4v) is 0.772. The first kappa shape index (κ1) is 5.09. The zero-order valence-corrected chi connectivity index (χ0v) is 5.53. The van der Waals surface area contributed by atoms with E-state index in [1.165, 1.54) is 0 Å². The van der Waals surface area contributed by atoms with Crippen LogP contribution >= 0.6 is 15.9 Å². The highest BCUT2D eigenvalue weighted by Crippen LogP contribution is 2.13. The van der Waals surface area contributed by atoms with Crippen molar-refractivity contribution in [2.24, 2.45) is 0 Å². The molecule has 0 aromatic carbocycles. The summed E-state index contributed by atoms with van der Waals surface area (Å²) in [6.07, 6.45) is 0. The molecule has 0 aromatic rings. The lowest BCUT2D eigenvalue weighted by molar-refractivity contribution is -0.126. The van der Waals surface area contributed by atoms with Crippen LogP contribution in [0.15, 0.2) is 0 Å². The maximum absolute atomic E-state index is 10.3. The van der Waals surface area contributed by atoms with Crippen molar-refractivity contribution >= 4 is 21.8 Å². The average molecular weight is 164 g/mol. The largest absolute Gasteiger partial charge is 0.351 e. The van der Waals surface area contributed by atoms with Crippen molar-refractivity contribution in [1.29, 1.82) is 0 Å². The Labute approximate surface area is 50.4 Å². The van der Waals surface area contributed by atoms with E-state index in [-0.39, 0.29) is 10.7 Å². The second-order valence-electron chi connectivity index (χ2n) is 1.70. The number of alkyl halides is 1. The second-order valence-corrected chi connectivity index (χ2v) is 2.69. The molecule has 2 nitrogen and oxygen atoms in total. The molecule has 0 radical (unpaired) electrons. The number of β-lactam (4-membered cyclic amide) rings is 1. The van der Waals surface area contributed by atoms with Gasteiger partial charge >= 0.3 is 0 Å². The summed E-state index contributed by atoms with van der Waals surface area (Å²) in [5, 5.41) is 2.67. The number of rotatable bonds is 0. The highest BCUT2D eigenvalue weighted by atomic mass is 79.9. The Bertz CT molecular complexity index is 104. The molecular formula is C4H6BrNO. The van der Waals surface area contributed by atoms with Crippen LogP contribution in [0.1, 0.15) is 6.92 Å². The highest BCUT2D eigenvalue weighted by molar-refractivity contribution is 9.10. The van der Waals surface area contributed by atoms with Crippen LogP contribution in [-0.2, 0) is 4.79 Å². The van der Waals surface area contributed by atoms with Crippen LogP contribution in [0.25, 0.3) is 0 Å². The van der Waals surface area contributed by atoms with Gasteiger partial charge in [-0.1, -0.05) is 15.9 Å². The fourth-order valence-electron chi connectivity index (χ4n) is 0.508. The van der Waals surface area contributed by atoms with E-state index < -0.39 is 0 Å². The van der Waals surface area contributed by atoms with Crippen molar-refractivity contribution in [2.75, 3.05) is 0 Å². The van der Waals surface area contributed by atoms with Gasteiger partial charge in [0.15, 0.2) is 0 Å². The number of hydrogen-bond donors (Lipinski definition) is 1. The molecule has 1 aliphatic heterocycles. The monoisotopic (exact) mass is 163 g/mol. The molecule has 0 bridgehead atoms. The molecule has 1 fully saturated rings. The van der Waals surface area contributed by atoms with Crippen LogP contribution in [0.3, 0.4) is 0 Å². The molecule has 1 amide bonds. The molecule has 1 aliphatic rings. The van der Waals surface area contributed by atoms with E-state index in [1.54, 1.807) is 0 Å². The van der Waals surface area contributed by atoms with Crippen LogP contribution in [0.4, 0.5) is 0 Å². The lowest BCUT2D eigenvalue weighted by atomic mass is 10.1. The third-order valence-corrected chi connectivity index (χ3v) is 2.27. The summed E-state index contributed by atoms with van der Waals surface area (Å²) in [6.45, 7) is 1.96. The molecule has 1 saturated heterocycles. The predicted octanol–water partition coefficient (Wildman–Crippen LogP) is 0.268. The molecule has 1 rings (SSSR count). The van der Waals surface area contributed by atoms with Gasteiger partial charge in [0.1, 0.15) is 4.83 Å². The maximum atomic E-state index is 10.3. The minimum Gasteiger partial charge on any atom is -0.351 e. The van der Waals surface area contributed by atoms with Crippen LogP contribution in [0.5, 0.6) is 0 Å². The van der Waals surface area contributed by atoms with Crippen LogP contribution in [-0.4, -0.2) is 16.8 Å². The molecule has 0 saturated carbocycles. The van der Waals surface area contributed by atoms with Gasteiger partial charge in [-0.3, -0.25) is 4.79 Å². The molecule has 0 spiro atoms. The van der Waals surface area contributed by atoms with Crippen molar-refractivity contribution in [1.82, 2.24) is 5.32 Å². The molecule has 40 valence electrons. The van der Waals surface area contributed by atoms with Gasteiger partial charge in [0.2, 0.25) is 5.91 Å². The molecule has 2 atom stereocenters. The quantitative estimate of drug-likeness (QED) is 0.404. The molecule has 1 heterocycles. The van der Waals surface area contributed by atoms with Crippen LogP contribution in [0.2, 0.25) is 0 Å². The number of carbonyl (C=O) groups is 1. The molecule has 1 N–H and O–H groups in total. The first-order valence-electron chi connectivity index (χ1n) is 2.16. The minimum absolute atomic E-state index is 0.0625. The van der Waals surface area contributed by atoms with Gasteiger partial charge < -0.3 is 5.32 Å². The summed E-state index contributed by atoms with van der Waals surface area (Å²) in [7, 11) is 0. The van der Waals surface area contributed by atoms with Crippen LogP contribution in [0, 0.1) is 0 Å². The Balaban J connectivity index is 2.43. The SMILES string of the molecule is C[C@H]1NC(=O)[C@H]1Br. The van der Waals surface area contributed by atoms with Gasteiger partial charge in [-0.2, -0.15) is 0 Å². The Morgan fingerprint density at radius 3 is 2.43 bits per heavy atom. The number of hydrogen-bond acceptors (Lipinski definition) is 1. The van der Waals surface area contributed by atoms with Gasteiger partial charge in [-0.15, -0.1) is 0 Å². The van der Waals surface area contributed by atoms with E-state index in [0.717, 1.165) is 0 Å². The van der Waals surface area contributed by atoms with E-state index in [2.05, 4.69) is 21.2 Å². The van der Waals surface area contributed by atoms with E-state index >= 15 is 0 Å². The zero-order valence-electron chi connectivity index (χ0n) is 3.94. The van der Waals surface area contributed by atoms with E-state index in [1.807, 2.05) is 6.92 Å². The first-order valence-corrected chi connectivity index (χ1v) is 3.08. The lowest BCUT2D eigenvalue weighted by Gasteiger charge is -2.28. The highest BCUT2D eigenvalue weighted by Gasteiger charge is 2.32. The van der Waals surface area contributed by atoms with Crippen LogP contribution < -0.4 is 5.32 Å². The maximum Gasteiger partial charge on any atom is 0.236 e. The van der Waals surface area contributed by atoms with Gasteiger partial charge in [-0.05, 0) is 6.92 Å². The second kappa shape index (κ2) is 1.47. The lowest BCUT2D eigenvalue weighted by Crippen LogP contribution is -2.57. The topological polar surface area (TPSA) is 29.1 Å². The van der Waals surface area contributed by atoms with Gasteiger partial charge in [-0.25, -0.2) is 0 Å². The van der Waals surface area contributed by atoms with E-state index in [9.17, 15) is 4.79 Å². The minimum atomic E-state index is 0.0625. The third kappa shape index (κ3) is 0.650. The molecule has 0 unspecified atom stereocenters. The zero-order chi connectivity index (χ0) is 5.44. The number of amides is 1. The number of halogens is 1. The average Bonchev–Trinajstić information content (AvgIpc) is 1.68. The summed E-state index contributed by atoms with van der Waals surface area (Å²) in [5.74, 6) is 0.104. The smallest absolute Gasteiger partial charge is 0.236 e. The van der Waals surface area contributed by atoms with Gasteiger partial charge in [0.05, 0.1) is 0 Å². The van der Waals surface area contributed by atoms with Crippen molar-refractivity contribution < 1.29 is 4.79 Å². The Kier molecular flexibility index (Phi) is 1.07. The molecule has 0 aromatic heterocycles. The van der Waals surface area contributed by atoms with Crippen molar-refractivity contribution in [3.05, 3.63) is 0 Å². The summed E-state index contributed by atoms with van der Waals surface area (Å²) < 4.78 is 0. The molecular weight excluding hydrogens is 158 g/mol. The van der Waals surface area contributed by atoms with Gasteiger partial charge in [0, 0.05) is 6.04 Å². The van der Waals surface area contributed by atoms with Crippen molar-refractivity contribution in [3.63, 3.8) is 0 Å². The Morgan fingerprint density at radius 1 is 1.86 bits per heavy atom. The van der Waals surface area contributed by atoms with E-state index in [0.29, 0.717) is 6.04 Å².